The molecule has 0 unspecified atom stereocenters. The second-order valence-electron chi connectivity index (χ2n) is 8.07. The highest BCUT2D eigenvalue weighted by molar-refractivity contribution is 8.21. The minimum Gasteiger partial charge on any atom is -0.373 e. The van der Waals surface area contributed by atoms with E-state index in [9.17, 15) is 0 Å². The van der Waals surface area contributed by atoms with Crippen LogP contribution < -0.4 is 5.32 Å². The molecule has 2 aromatic heterocycles. The summed E-state index contributed by atoms with van der Waals surface area (Å²) < 4.78 is 0. The Labute approximate surface area is 207 Å². The molecule has 34 heavy (non-hydrogen) atoms. The normalized spacial score (nSPS) is 14.1. The second kappa shape index (κ2) is 12.3. The van der Waals surface area contributed by atoms with Gasteiger partial charge in [-0.15, -0.1) is 0 Å². The van der Waals surface area contributed by atoms with Crippen molar-refractivity contribution in [2.24, 2.45) is 4.99 Å². The molecular weight excluding hydrogens is 438 g/mol. The van der Waals surface area contributed by atoms with Crippen LogP contribution in [0, 0.1) is 0 Å². The van der Waals surface area contributed by atoms with Crippen molar-refractivity contribution < 1.29 is 0 Å². The molecule has 6 heteroatoms. The highest BCUT2D eigenvalue weighted by Crippen LogP contribution is 2.29. The molecule has 0 amide bonds. The zero-order valence-corrected chi connectivity index (χ0v) is 21.3. The van der Waals surface area contributed by atoms with E-state index < -0.39 is 0 Å². The summed E-state index contributed by atoms with van der Waals surface area (Å²) in [6.07, 6.45) is 8.94. The molecule has 5 nitrogen and oxygen atoms in total. The average molecular weight is 472 g/mol. The molecule has 1 aromatic carbocycles. The van der Waals surface area contributed by atoms with Crippen molar-refractivity contribution in [2.45, 2.75) is 13.3 Å². The van der Waals surface area contributed by atoms with Crippen molar-refractivity contribution in [3.05, 3.63) is 84.8 Å². The zero-order valence-electron chi connectivity index (χ0n) is 20.5. The van der Waals surface area contributed by atoms with Gasteiger partial charge in [0.1, 0.15) is 5.82 Å². The molecule has 3 heterocycles. The Morgan fingerprint density at radius 3 is 2.68 bits per heavy atom. The monoisotopic (exact) mass is 471 g/mol. The van der Waals surface area contributed by atoms with Crippen LogP contribution in [-0.2, 0) is 0 Å². The quantitative estimate of drug-likeness (QED) is 0.341. The molecule has 0 saturated heterocycles. The molecule has 176 valence electrons. The Morgan fingerprint density at radius 2 is 2.00 bits per heavy atom. The number of likely N-dealkylation sites (N-methyl/N-ethyl adjacent to an activating group) is 1. The van der Waals surface area contributed by atoms with E-state index in [1.54, 1.807) is 18.8 Å². The van der Waals surface area contributed by atoms with Crippen molar-refractivity contribution in [1.82, 2.24) is 14.9 Å². The number of anilines is 1. The van der Waals surface area contributed by atoms with Gasteiger partial charge in [-0.2, -0.15) is 0 Å². The van der Waals surface area contributed by atoms with Gasteiger partial charge in [0.25, 0.3) is 0 Å². The highest BCUT2D eigenvalue weighted by Gasteiger charge is 2.10. The van der Waals surface area contributed by atoms with Crippen LogP contribution in [-0.4, -0.2) is 54.1 Å². The summed E-state index contributed by atoms with van der Waals surface area (Å²) in [5, 5.41) is 6.34. The van der Waals surface area contributed by atoms with Gasteiger partial charge >= 0.3 is 0 Å². The summed E-state index contributed by atoms with van der Waals surface area (Å²) in [6, 6.07) is 12.4. The molecule has 0 atom stereocenters. The molecule has 0 saturated carbocycles. The van der Waals surface area contributed by atoms with E-state index in [1.165, 1.54) is 5.57 Å². The number of hydrogen-bond donors (Lipinski definition) is 1. The van der Waals surface area contributed by atoms with Crippen molar-refractivity contribution in [3.63, 3.8) is 0 Å². The average Bonchev–Trinajstić information content (AvgIpc) is 2.88. The van der Waals surface area contributed by atoms with Crippen LogP contribution in [0.25, 0.3) is 27.3 Å². The van der Waals surface area contributed by atoms with Crippen molar-refractivity contribution >= 4 is 50.0 Å². The van der Waals surface area contributed by atoms with Crippen LogP contribution in [0.15, 0.2) is 73.0 Å². The van der Waals surface area contributed by atoms with Gasteiger partial charge in [0.2, 0.25) is 0 Å². The van der Waals surface area contributed by atoms with E-state index in [2.05, 4.69) is 75.7 Å². The maximum absolute atomic E-state index is 4.40. The Hall–Kier alpha value is -3.22. The van der Waals surface area contributed by atoms with E-state index in [1.807, 2.05) is 44.6 Å². The van der Waals surface area contributed by atoms with Crippen LogP contribution in [0.1, 0.15) is 30.2 Å². The number of aromatic nitrogens is 2. The van der Waals surface area contributed by atoms with E-state index in [-0.39, 0.29) is 0 Å². The predicted octanol–water partition coefficient (Wildman–Crippen LogP) is 6.47. The molecule has 0 bridgehead atoms. The molecule has 4 rings (SSSR count). The van der Waals surface area contributed by atoms with Gasteiger partial charge in [-0.1, -0.05) is 49.2 Å². The number of hydrogen-bond acceptors (Lipinski definition) is 6. The number of benzene rings is 1. The summed E-state index contributed by atoms with van der Waals surface area (Å²) in [5.41, 5.74) is 4.71. The zero-order chi connectivity index (χ0) is 24.5. The third-order valence-corrected chi connectivity index (χ3v) is 6.61. The van der Waals surface area contributed by atoms with Gasteiger partial charge in [-0.05, 0) is 66.7 Å². The minimum atomic E-state index is 0.870. The maximum atomic E-state index is 4.40. The smallest absolute Gasteiger partial charge is 0.126 e. The number of fused-ring (bicyclic) bond motifs is 1. The lowest BCUT2D eigenvalue weighted by molar-refractivity contribution is 0.370. The standard InChI is InChI=1S/C15H17N3S.C13H16N2/c1-10(19-11(2)16-3)12-5-6-13-9-18-15(17-4)8-14(13)7-12;1-3-11-4-7-14-13(10-11)12-5-8-15(2)9-6-12/h5-9H,1H2,2-4H3,(H,17,18);3-5,7,10H,1,6,8-9H2,2H3. The third-order valence-electron chi connectivity index (χ3n) is 5.65. The van der Waals surface area contributed by atoms with E-state index in [4.69, 9.17) is 0 Å². The molecule has 1 aliphatic heterocycles. The number of nitrogens with zero attached hydrogens (tertiary/aromatic N) is 4. The Balaban J connectivity index is 0.000000196. The number of pyridine rings is 2. The summed E-state index contributed by atoms with van der Waals surface area (Å²) in [5.74, 6) is 0.870. The van der Waals surface area contributed by atoms with Gasteiger partial charge < -0.3 is 10.2 Å². The minimum absolute atomic E-state index is 0.870. The molecule has 1 aliphatic rings. The van der Waals surface area contributed by atoms with Gasteiger partial charge in [-0.3, -0.25) is 9.98 Å². The van der Waals surface area contributed by atoms with Crippen LogP contribution >= 0.6 is 11.8 Å². The fourth-order valence-corrected chi connectivity index (χ4v) is 4.18. The van der Waals surface area contributed by atoms with Gasteiger partial charge in [-0.25, -0.2) is 4.98 Å². The summed E-state index contributed by atoms with van der Waals surface area (Å²) in [4.78, 5) is 16.2. The van der Waals surface area contributed by atoms with Crippen LogP contribution in [0.4, 0.5) is 5.82 Å². The highest BCUT2D eigenvalue weighted by atomic mass is 32.2. The number of nitrogens with one attached hydrogen (secondary N) is 1. The van der Waals surface area contributed by atoms with Gasteiger partial charge in [0.15, 0.2) is 0 Å². The first-order valence-electron chi connectivity index (χ1n) is 11.3. The number of thioether (sulfide) groups is 1. The lowest BCUT2D eigenvalue weighted by atomic mass is 10.0. The molecule has 3 aromatic rings. The topological polar surface area (TPSA) is 53.4 Å². The molecule has 0 aliphatic carbocycles. The molecular formula is C28H33N5S. The molecule has 0 fully saturated rings. The van der Waals surface area contributed by atoms with Gasteiger partial charge in [0, 0.05) is 49.9 Å². The summed E-state index contributed by atoms with van der Waals surface area (Å²) >= 11 is 1.60. The largest absolute Gasteiger partial charge is 0.373 e. The SMILES string of the molecule is C=C(SC(C)=NC)c1ccc2cnc(NC)cc2c1.C=Cc1ccnc(C2=CCN(C)CC2)c1. The lowest BCUT2D eigenvalue weighted by Gasteiger charge is -2.21. The van der Waals surface area contributed by atoms with E-state index >= 15 is 0 Å². The first kappa shape index (κ1) is 25.4. The molecule has 0 radical (unpaired) electrons. The second-order valence-corrected chi connectivity index (χ2v) is 9.36. The van der Waals surface area contributed by atoms with Gasteiger partial charge in [0.05, 0.1) is 10.7 Å². The van der Waals surface area contributed by atoms with Crippen LogP contribution in [0.2, 0.25) is 0 Å². The Kier molecular flexibility index (Phi) is 9.19. The van der Waals surface area contributed by atoms with Crippen LogP contribution in [0.5, 0.6) is 0 Å². The third kappa shape index (κ3) is 6.89. The summed E-state index contributed by atoms with van der Waals surface area (Å²) in [6.45, 7) is 12.0. The lowest BCUT2D eigenvalue weighted by Crippen LogP contribution is -2.23. The molecule has 1 N–H and O–H groups in total. The maximum Gasteiger partial charge on any atom is 0.126 e. The number of aliphatic imine (C=N–C) groups is 1. The first-order valence-corrected chi connectivity index (χ1v) is 12.1. The van der Waals surface area contributed by atoms with Crippen molar-refractivity contribution in [1.29, 1.82) is 0 Å². The Morgan fingerprint density at radius 1 is 1.18 bits per heavy atom. The predicted molar refractivity (Wildman–Crippen MR) is 151 cm³/mol. The Bertz CT molecular complexity index is 1230. The van der Waals surface area contributed by atoms with Crippen LogP contribution in [0.3, 0.4) is 0 Å². The molecule has 0 spiro atoms. The van der Waals surface area contributed by atoms with Crippen molar-refractivity contribution in [2.75, 3.05) is 39.5 Å². The van der Waals surface area contributed by atoms with E-state index in [0.29, 0.717) is 0 Å². The summed E-state index contributed by atoms with van der Waals surface area (Å²) in [7, 11) is 5.80. The van der Waals surface area contributed by atoms with E-state index in [0.717, 1.165) is 62.9 Å². The fourth-order valence-electron chi connectivity index (χ4n) is 3.49. The first-order chi connectivity index (χ1) is 16.4. The number of rotatable bonds is 5. The van der Waals surface area contributed by atoms with Crippen molar-refractivity contribution in [3.8, 4) is 0 Å². The fraction of sp³-hybridized carbons (Fsp3) is 0.250.